The molecule has 0 radical (unpaired) electrons. The van der Waals surface area contributed by atoms with Gasteiger partial charge in [0.2, 0.25) is 0 Å². The molecule has 0 aliphatic heterocycles. The molecule has 0 aliphatic rings. The van der Waals surface area contributed by atoms with Crippen molar-refractivity contribution in [1.82, 2.24) is 4.98 Å². The van der Waals surface area contributed by atoms with Gasteiger partial charge in [0.05, 0.1) is 5.52 Å². The van der Waals surface area contributed by atoms with Gasteiger partial charge >= 0.3 is 0 Å². The van der Waals surface area contributed by atoms with Crippen molar-refractivity contribution in [1.29, 1.82) is 0 Å². The normalized spacial score (nSPS) is 10.6. The van der Waals surface area contributed by atoms with Crippen molar-refractivity contribution in [2.45, 2.75) is 0 Å². The molecule has 0 atom stereocenters. The predicted molar refractivity (Wildman–Crippen MR) is 99.8 cm³/mol. The van der Waals surface area contributed by atoms with Crippen LogP contribution in [0.3, 0.4) is 0 Å². The number of pyridine rings is 1. The first-order chi connectivity index (χ1) is 12.3. The van der Waals surface area contributed by atoms with Gasteiger partial charge < -0.3 is 9.47 Å². The minimum atomic E-state index is 0.633. The lowest BCUT2D eigenvalue weighted by Crippen LogP contribution is -1.91. The maximum Gasteiger partial charge on any atom is 0.169 e. The summed E-state index contributed by atoms with van der Waals surface area (Å²) >= 11 is 6.05. The molecule has 122 valence electrons. The Morgan fingerprint density at radius 3 is 2.20 bits per heavy atom. The van der Waals surface area contributed by atoms with E-state index >= 15 is 0 Å². The molecule has 1 aromatic heterocycles. The maximum atomic E-state index is 6.13. The molecule has 0 fully saturated rings. The molecule has 0 saturated carbocycles. The van der Waals surface area contributed by atoms with E-state index in [1.807, 2.05) is 78.9 Å². The quantitative estimate of drug-likeness (QED) is 0.423. The third-order valence-electron chi connectivity index (χ3n) is 3.70. The van der Waals surface area contributed by atoms with Crippen LogP contribution in [0.25, 0.3) is 10.9 Å². The van der Waals surface area contributed by atoms with Crippen LogP contribution in [-0.2, 0) is 0 Å². The van der Waals surface area contributed by atoms with Crippen molar-refractivity contribution in [2.24, 2.45) is 0 Å². The lowest BCUT2D eigenvalue weighted by Gasteiger charge is -2.13. The van der Waals surface area contributed by atoms with E-state index < -0.39 is 0 Å². The van der Waals surface area contributed by atoms with Crippen LogP contribution in [0.15, 0.2) is 85.1 Å². The minimum absolute atomic E-state index is 0.633. The number of aromatic nitrogens is 1. The standard InChI is InChI=1S/C21H14ClNO2/c22-15-10-11-17-18(14-15)23-13-12-19(17)25-21-9-5-4-8-20(21)24-16-6-2-1-3-7-16/h1-14H. The Balaban J connectivity index is 1.70. The highest BCUT2D eigenvalue weighted by Gasteiger charge is 2.10. The van der Waals surface area contributed by atoms with Gasteiger partial charge in [-0.1, -0.05) is 41.9 Å². The number of ether oxygens (including phenoxy) is 2. The van der Waals surface area contributed by atoms with Gasteiger partial charge in [-0.2, -0.15) is 0 Å². The number of para-hydroxylation sites is 3. The first kappa shape index (κ1) is 15.5. The molecule has 1 heterocycles. The summed E-state index contributed by atoms with van der Waals surface area (Å²) in [5.74, 6) is 2.73. The molecule has 4 rings (SSSR count). The molecule has 4 heteroatoms. The summed E-state index contributed by atoms with van der Waals surface area (Å²) in [5.41, 5.74) is 0.784. The third kappa shape index (κ3) is 3.42. The van der Waals surface area contributed by atoms with E-state index in [4.69, 9.17) is 21.1 Å². The van der Waals surface area contributed by atoms with Crippen molar-refractivity contribution in [3.05, 3.63) is 90.1 Å². The second-order valence-corrected chi connectivity index (χ2v) is 5.87. The molecule has 0 spiro atoms. The second-order valence-electron chi connectivity index (χ2n) is 5.43. The molecule has 0 aliphatic carbocycles. The van der Waals surface area contributed by atoms with Gasteiger partial charge in [-0.05, 0) is 48.5 Å². The third-order valence-corrected chi connectivity index (χ3v) is 3.94. The Labute approximate surface area is 150 Å². The smallest absolute Gasteiger partial charge is 0.169 e. The van der Waals surface area contributed by atoms with Gasteiger partial charge in [0.1, 0.15) is 11.5 Å². The van der Waals surface area contributed by atoms with Crippen molar-refractivity contribution < 1.29 is 9.47 Å². The zero-order valence-electron chi connectivity index (χ0n) is 13.2. The highest BCUT2D eigenvalue weighted by atomic mass is 35.5. The van der Waals surface area contributed by atoms with Crippen LogP contribution in [0.5, 0.6) is 23.0 Å². The van der Waals surface area contributed by atoms with Crippen LogP contribution in [0.4, 0.5) is 0 Å². The van der Waals surface area contributed by atoms with Gasteiger partial charge in [-0.15, -0.1) is 0 Å². The van der Waals surface area contributed by atoms with Crippen LogP contribution in [-0.4, -0.2) is 4.98 Å². The molecule has 25 heavy (non-hydrogen) atoms. The van der Waals surface area contributed by atoms with Crippen molar-refractivity contribution in [3.63, 3.8) is 0 Å². The van der Waals surface area contributed by atoms with E-state index in [-0.39, 0.29) is 0 Å². The number of hydrogen-bond acceptors (Lipinski definition) is 3. The Hall–Kier alpha value is -3.04. The number of benzene rings is 3. The zero-order valence-corrected chi connectivity index (χ0v) is 14.0. The maximum absolute atomic E-state index is 6.13. The highest BCUT2D eigenvalue weighted by molar-refractivity contribution is 6.31. The number of halogens is 1. The van der Waals surface area contributed by atoms with Gasteiger partial charge in [0.25, 0.3) is 0 Å². The van der Waals surface area contributed by atoms with Crippen LogP contribution in [0, 0.1) is 0 Å². The molecular weight excluding hydrogens is 334 g/mol. The average molecular weight is 348 g/mol. The Morgan fingerprint density at radius 1 is 0.680 bits per heavy atom. The van der Waals surface area contributed by atoms with Gasteiger partial charge in [0, 0.05) is 16.6 Å². The van der Waals surface area contributed by atoms with Crippen LogP contribution in [0.1, 0.15) is 0 Å². The van der Waals surface area contributed by atoms with E-state index in [1.165, 1.54) is 0 Å². The first-order valence-corrected chi connectivity index (χ1v) is 8.21. The molecule has 0 N–H and O–H groups in total. The summed E-state index contributed by atoms with van der Waals surface area (Å²) in [6.45, 7) is 0. The summed E-state index contributed by atoms with van der Waals surface area (Å²) in [5, 5.41) is 1.53. The topological polar surface area (TPSA) is 31.4 Å². The monoisotopic (exact) mass is 347 g/mol. The Morgan fingerprint density at radius 2 is 1.40 bits per heavy atom. The summed E-state index contributed by atoms with van der Waals surface area (Å²) in [6.07, 6.45) is 1.70. The van der Waals surface area contributed by atoms with Crippen LogP contribution < -0.4 is 9.47 Å². The van der Waals surface area contributed by atoms with E-state index in [2.05, 4.69) is 4.98 Å². The highest BCUT2D eigenvalue weighted by Crippen LogP contribution is 2.37. The summed E-state index contributed by atoms with van der Waals surface area (Å²) in [4.78, 5) is 4.34. The minimum Gasteiger partial charge on any atom is -0.453 e. The second kappa shape index (κ2) is 6.83. The molecule has 3 nitrogen and oxygen atoms in total. The van der Waals surface area contributed by atoms with Gasteiger partial charge in [-0.3, -0.25) is 4.98 Å². The van der Waals surface area contributed by atoms with Gasteiger partial charge in [-0.25, -0.2) is 0 Å². The first-order valence-electron chi connectivity index (χ1n) is 7.84. The van der Waals surface area contributed by atoms with E-state index in [1.54, 1.807) is 6.20 Å². The molecule has 4 aromatic rings. The zero-order chi connectivity index (χ0) is 17.1. The summed E-state index contributed by atoms with van der Waals surface area (Å²) in [7, 11) is 0. The molecule has 3 aromatic carbocycles. The summed E-state index contributed by atoms with van der Waals surface area (Å²) < 4.78 is 12.1. The fourth-order valence-electron chi connectivity index (χ4n) is 2.54. The largest absolute Gasteiger partial charge is 0.453 e. The number of hydrogen-bond donors (Lipinski definition) is 0. The van der Waals surface area contributed by atoms with Crippen molar-refractivity contribution in [2.75, 3.05) is 0 Å². The SMILES string of the molecule is Clc1ccc2c(Oc3ccccc3Oc3ccccc3)ccnc2c1. The van der Waals surface area contributed by atoms with Crippen molar-refractivity contribution in [3.8, 4) is 23.0 Å². The van der Waals surface area contributed by atoms with E-state index in [9.17, 15) is 0 Å². The fourth-order valence-corrected chi connectivity index (χ4v) is 2.70. The molecule has 0 amide bonds. The predicted octanol–water partition coefficient (Wildman–Crippen LogP) is 6.47. The fraction of sp³-hybridized carbons (Fsp3) is 0. The van der Waals surface area contributed by atoms with Crippen LogP contribution >= 0.6 is 11.6 Å². The summed E-state index contributed by atoms with van der Waals surface area (Å²) in [6, 6.07) is 24.6. The molecular formula is C21H14ClNO2. The Kier molecular flexibility index (Phi) is 4.23. The van der Waals surface area contributed by atoms with E-state index in [0.29, 0.717) is 22.3 Å². The van der Waals surface area contributed by atoms with Crippen molar-refractivity contribution >= 4 is 22.5 Å². The van der Waals surface area contributed by atoms with Gasteiger partial charge in [0.15, 0.2) is 11.5 Å². The molecule has 0 bridgehead atoms. The van der Waals surface area contributed by atoms with Crippen LogP contribution in [0.2, 0.25) is 5.02 Å². The number of nitrogens with zero attached hydrogens (tertiary/aromatic N) is 1. The molecule has 0 saturated heterocycles. The number of fused-ring (bicyclic) bond motifs is 1. The number of rotatable bonds is 4. The lowest BCUT2D eigenvalue weighted by molar-refractivity contribution is 0.421. The molecule has 0 unspecified atom stereocenters. The van der Waals surface area contributed by atoms with E-state index in [0.717, 1.165) is 16.7 Å². The Bertz CT molecular complexity index is 1020. The lowest BCUT2D eigenvalue weighted by atomic mass is 10.2. The average Bonchev–Trinajstić information content (AvgIpc) is 2.64.